The van der Waals surface area contributed by atoms with Crippen molar-refractivity contribution < 1.29 is 4.79 Å². The molecule has 0 bridgehead atoms. The molecule has 6 rings (SSSR count). The van der Waals surface area contributed by atoms with Gasteiger partial charge in [0.1, 0.15) is 11.5 Å². The molecule has 10 nitrogen and oxygen atoms in total. The summed E-state index contributed by atoms with van der Waals surface area (Å²) < 4.78 is 0. The standard InChI is InChI=1S/C27H39N9O/c1-27-20(17-23(25(37)32(2)3)36(27)35-11-5-4-6-12-35)18-29-26(31-27)30-24-10-9-22(19-28-24)34-15-13-33(14-16-34)21-7-8-21/h9-10,17-19,21H,4-8,11-16H2,1-3H3,(H2,28,29,30,31). The summed E-state index contributed by atoms with van der Waals surface area (Å²) in [5, 5.41) is 11.0. The van der Waals surface area contributed by atoms with Gasteiger partial charge in [-0.1, -0.05) is 6.42 Å². The van der Waals surface area contributed by atoms with Crippen molar-refractivity contribution in [1.82, 2.24) is 30.1 Å². The van der Waals surface area contributed by atoms with Crippen LogP contribution >= 0.6 is 0 Å². The average molecular weight is 506 g/mol. The number of carbonyl (C=O) groups excluding carboxylic acids is 1. The summed E-state index contributed by atoms with van der Waals surface area (Å²) >= 11 is 0. The first-order chi connectivity index (χ1) is 17.9. The second kappa shape index (κ2) is 9.64. The van der Waals surface area contributed by atoms with Crippen molar-refractivity contribution in [2.24, 2.45) is 4.99 Å². The number of amides is 1. The highest BCUT2D eigenvalue weighted by Crippen LogP contribution is 2.41. The number of fused-ring (bicyclic) bond motifs is 1. The molecule has 3 fully saturated rings. The van der Waals surface area contributed by atoms with Crippen LogP contribution in [0.4, 0.5) is 11.5 Å². The van der Waals surface area contributed by atoms with E-state index < -0.39 is 5.66 Å². The van der Waals surface area contributed by atoms with Gasteiger partial charge in [-0.2, -0.15) is 0 Å². The van der Waals surface area contributed by atoms with Crippen molar-refractivity contribution in [2.45, 2.75) is 50.7 Å². The fourth-order valence-electron chi connectivity index (χ4n) is 5.89. The van der Waals surface area contributed by atoms with E-state index in [4.69, 9.17) is 9.98 Å². The summed E-state index contributed by atoms with van der Waals surface area (Å²) in [7, 11) is 3.60. The van der Waals surface area contributed by atoms with E-state index in [1.54, 1.807) is 19.0 Å². The largest absolute Gasteiger partial charge is 0.368 e. The Balaban J connectivity index is 1.17. The first kappa shape index (κ1) is 24.2. The van der Waals surface area contributed by atoms with Crippen LogP contribution in [-0.4, -0.2) is 102 Å². The number of likely N-dealkylation sites (N-methyl/N-ethyl adjacent to an activating group) is 1. The van der Waals surface area contributed by atoms with Gasteiger partial charge in [0.25, 0.3) is 5.91 Å². The van der Waals surface area contributed by atoms with Crippen molar-refractivity contribution >= 4 is 23.4 Å². The van der Waals surface area contributed by atoms with Crippen molar-refractivity contribution in [2.75, 3.05) is 63.6 Å². The molecular weight excluding hydrogens is 466 g/mol. The maximum Gasteiger partial charge on any atom is 0.271 e. The summed E-state index contributed by atoms with van der Waals surface area (Å²) in [6.07, 6.45) is 12.1. The Morgan fingerprint density at radius 3 is 2.49 bits per heavy atom. The number of nitrogens with zero attached hydrogens (tertiary/aromatic N) is 7. The van der Waals surface area contributed by atoms with Crippen LogP contribution in [0.1, 0.15) is 39.0 Å². The Morgan fingerprint density at radius 1 is 1.08 bits per heavy atom. The molecule has 37 heavy (non-hydrogen) atoms. The van der Waals surface area contributed by atoms with Crippen LogP contribution in [-0.2, 0) is 4.79 Å². The van der Waals surface area contributed by atoms with E-state index >= 15 is 0 Å². The van der Waals surface area contributed by atoms with E-state index in [1.807, 2.05) is 24.5 Å². The second-order valence-corrected chi connectivity index (χ2v) is 11.1. The summed E-state index contributed by atoms with van der Waals surface area (Å²) in [6.45, 7) is 8.31. The number of anilines is 2. The van der Waals surface area contributed by atoms with Crippen LogP contribution in [0.3, 0.4) is 0 Å². The number of hydrazine groups is 1. The van der Waals surface area contributed by atoms with Crippen LogP contribution in [0.15, 0.2) is 46.9 Å². The summed E-state index contributed by atoms with van der Waals surface area (Å²) in [6, 6.07) is 4.99. The molecule has 198 valence electrons. The molecule has 4 aliphatic heterocycles. The van der Waals surface area contributed by atoms with Gasteiger partial charge in [0.15, 0.2) is 5.66 Å². The number of guanidine groups is 1. The zero-order valence-electron chi connectivity index (χ0n) is 22.3. The molecular formula is C27H39N9O. The van der Waals surface area contributed by atoms with Gasteiger partial charge in [-0.3, -0.25) is 14.7 Å². The molecule has 0 radical (unpaired) electrons. The Hall–Kier alpha value is -3.11. The zero-order chi connectivity index (χ0) is 25.6. The Morgan fingerprint density at radius 2 is 1.84 bits per heavy atom. The number of piperidine rings is 1. The molecule has 5 aliphatic rings. The van der Waals surface area contributed by atoms with E-state index in [0.717, 1.165) is 75.2 Å². The van der Waals surface area contributed by atoms with Gasteiger partial charge in [-0.05, 0) is 50.8 Å². The summed E-state index contributed by atoms with van der Waals surface area (Å²) in [5.41, 5.74) is 2.10. The van der Waals surface area contributed by atoms with Gasteiger partial charge in [0, 0.05) is 71.2 Å². The molecule has 0 spiro atoms. The molecule has 1 aliphatic carbocycles. The van der Waals surface area contributed by atoms with Crippen molar-refractivity contribution in [3.05, 3.63) is 41.9 Å². The minimum Gasteiger partial charge on any atom is -0.368 e. The number of aromatic nitrogens is 1. The molecule has 1 amide bonds. The normalized spacial score (nSPS) is 26.6. The van der Waals surface area contributed by atoms with Crippen molar-refractivity contribution in [3.63, 3.8) is 0 Å². The number of carbonyl (C=O) groups is 1. The number of nitrogens with one attached hydrogen (secondary N) is 2. The molecule has 1 saturated carbocycles. The number of hydrogen-bond acceptors (Lipinski definition) is 9. The molecule has 1 atom stereocenters. The zero-order valence-corrected chi connectivity index (χ0v) is 22.3. The quantitative estimate of drug-likeness (QED) is 0.629. The van der Waals surface area contributed by atoms with E-state index in [-0.39, 0.29) is 5.91 Å². The van der Waals surface area contributed by atoms with Gasteiger partial charge < -0.3 is 20.4 Å². The Labute approximate surface area is 219 Å². The van der Waals surface area contributed by atoms with Crippen LogP contribution in [0.5, 0.6) is 0 Å². The average Bonchev–Trinajstić information content (AvgIpc) is 3.71. The highest BCUT2D eigenvalue weighted by atomic mass is 16.2. The summed E-state index contributed by atoms with van der Waals surface area (Å²) in [4.78, 5) is 29.6. The smallest absolute Gasteiger partial charge is 0.271 e. The van der Waals surface area contributed by atoms with E-state index in [9.17, 15) is 4.79 Å². The Bertz CT molecular complexity index is 1110. The molecule has 1 aromatic rings. The van der Waals surface area contributed by atoms with Crippen molar-refractivity contribution in [1.29, 1.82) is 0 Å². The monoisotopic (exact) mass is 505 g/mol. The summed E-state index contributed by atoms with van der Waals surface area (Å²) in [5.74, 6) is 1.35. The lowest BCUT2D eigenvalue weighted by Crippen LogP contribution is -2.57. The second-order valence-electron chi connectivity index (χ2n) is 11.1. The molecule has 10 heteroatoms. The molecule has 1 unspecified atom stereocenters. The highest BCUT2D eigenvalue weighted by molar-refractivity contribution is 5.97. The minimum absolute atomic E-state index is 0.0120. The topological polar surface area (TPSA) is 82.6 Å². The molecule has 2 N–H and O–H groups in total. The number of aliphatic imine (C=N–C) groups is 1. The SMILES string of the molecule is CN(C)C(=O)C1=CC2=CNC(Nc3ccc(N4CCN(C5CC5)CC4)cn3)=NC2(C)N1N1CCCCC1. The van der Waals surface area contributed by atoms with Crippen molar-refractivity contribution in [3.8, 4) is 0 Å². The number of piperazine rings is 1. The predicted molar refractivity (Wildman–Crippen MR) is 146 cm³/mol. The lowest BCUT2D eigenvalue weighted by Gasteiger charge is -2.46. The maximum atomic E-state index is 13.1. The van der Waals surface area contributed by atoms with E-state index in [2.05, 4.69) is 43.4 Å². The third-order valence-corrected chi connectivity index (χ3v) is 8.15. The minimum atomic E-state index is -0.701. The molecule has 2 saturated heterocycles. The molecule has 5 heterocycles. The number of pyridine rings is 1. The Kier molecular flexibility index (Phi) is 6.32. The lowest BCUT2D eigenvalue weighted by molar-refractivity contribution is -0.133. The third kappa shape index (κ3) is 4.68. The maximum absolute atomic E-state index is 13.1. The van der Waals surface area contributed by atoms with Crippen LogP contribution < -0.4 is 15.5 Å². The fraction of sp³-hybridized carbons (Fsp3) is 0.593. The van der Waals surface area contributed by atoms with Crippen LogP contribution in [0.25, 0.3) is 0 Å². The van der Waals surface area contributed by atoms with Crippen LogP contribution in [0, 0.1) is 0 Å². The third-order valence-electron chi connectivity index (χ3n) is 8.15. The molecule has 0 aromatic carbocycles. The fourth-order valence-corrected chi connectivity index (χ4v) is 5.89. The van der Waals surface area contributed by atoms with E-state index in [0.29, 0.717) is 11.7 Å². The molecule has 1 aromatic heterocycles. The van der Waals surface area contributed by atoms with Crippen LogP contribution in [0.2, 0.25) is 0 Å². The van der Waals surface area contributed by atoms with Gasteiger partial charge in [-0.25, -0.2) is 15.0 Å². The van der Waals surface area contributed by atoms with Gasteiger partial charge in [0.2, 0.25) is 5.96 Å². The van der Waals surface area contributed by atoms with Gasteiger partial charge in [0.05, 0.1) is 11.9 Å². The number of hydrogen-bond donors (Lipinski definition) is 2. The van der Waals surface area contributed by atoms with Gasteiger partial charge >= 0.3 is 0 Å². The van der Waals surface area contributed by atoms with E-state index in [1.165, 1.54) is 19.3 Å². The first-order valence-electron chi connectivity index (χ1n) is 13.7. The number of rotatable bonds is 5. The van der Waals surface area contributed by atoms with Gasteiger partial charge in [-0.15, -0.1) is 0 Å². The lowest BCUT2D eigenvalue weighted by atomic mass is 10.0. The first-order valence-corrected chi connectivity index (χ1v) is 13.7. The highest BCUT2D eigenvalue weighted by Gasteiger charge is 2.48. The predicted octanol–water partition coefficient (Wildman–Crippen LogP) is 2.03.